The molecular weight excluding hydrogens is 447 g/mol. The van der Waals surface area contributed by atoms with E-state index in [-0.39, 0.29) is 5.78 Å². The fourth-order valence-corrected chi connectivity index (χ4v) is 3.22. The van der Waals surface area contributed by atoms with Crippen molar-refractivity contribution in [3.63, 3.8) is 0 Å². The molecule has 0 heterocycles. The lowest BCUT2D eigenvalue weighted by molar-refractivity contribution is 0.103. The molecule has 2 aromatic carbocycles. The Bertz CT molecular complexity index is 698. The number of carbonyl (C=O) groups is 1. The van der Waals surface area contributed by atoms with E-state index in [0.29, 0.717) is 27.1 Å². The molecule has 5 heteroatoms. The van der Waals surface area contributed by atoms with Crippen LogP contribution in [0.15, 0.2) is 34.8 Å². The molecule has 3 nitrogen and oxygen atoms in total. The Kier molecular flexibility index (Phi) is 5.27. The van der Waals surface area contributed by atoms with E-state index in [1.54, 1.807) is 26.4 Å². The molecule has 0 N–H and O–H groups in total. The molecule has 0 bridgehead atoms. The molecule has 0 saturated carbocycles. The van der Waals surface area contributed by atoms with Crippen molar-refractivity contribution in [3.05, 3.63) is 55.1 Å². The van der Waals surface area contributed by atoms with Crippen molar-refractivity contribution in [2.75, 3.05) is 14.2 Å². The van der Waals surface area contributed by atoms with E-state index in [0.717, 1.165) is 9.13 Å². The van der Waals surface area contributed by atoms with Crippen molar-refractivity contribution >= 4 is 44.3 Å². The molecule has 110 valence electrons. The third-order valence-corrected chi connectivity index (χ3v) is 5.20. The summed E-state index contributed by atoms with van der Waals surface area (Å²) in [6.45, 7) is 1.98. The van der Waals surface area contributed by atoms with Crippen LogP contribution in [0, 0.1) is 10.5 Å². The second-order valence-corrected chi connectivity index (χ2v) is 6.39. The van der Waals surface area contributed by atoms with Gasteiger partial charge in [-0.05, 0) is 63.1 Å². The van der Waals surface area contributed by atoms with E-state index < -0.39 is 0 Å². The van der Waals surface area contributed by atoms with Crippen molar-refractivity contribution in [2.24, 2.45) is 0 Å². The average molecular weight is 461 g/mol. The monoisotopic (exact) mass is 460 g/mol. The second-order valence-electron chi connectivity index (χ2n) is 4.45. The van der Waals surface area contributed by atoms with Crippen molar-refractivity contribution in [2.45, 2.75) is 6.92 Å². The Morgan fingerprint density at radius 2 is 1.90 bits per heavy atom. The van der Waals surface area contributed by atoms with Crippen molar-refractivity contribution < 1.29 is 14.3 Å². The summed E-state index contributed by atoms with van der Waals surface area (Å²) in [4.78, 5) is 12.9. The van der Waals surface area contributed by atoms with Crippen LogP contribution >= 0.6 is 38.5 Å². The highest BCUT2D eigenvalue weighted by molar-refractivity contribution is 14.1. The Morgan fingerprint density at radius 3 is 2.52 bits per heavy atom. The molecule has 0 unspecified atom stereocenters. The van der Waals surface area contributed by atoms with Gasteiger partial charge in [-0.2, -0.15) is 0 Å². The minimum Gasteiger partial charge on any atom is -0.497 e. The summed E-state index contributed by atoms with van der Waals surface area (Å²) in [5.41, 5.74) is 2.24. The number of ether oxygens (including phenoxy) is 2. The largest absolute Gasteiger partial charge is 0.497 e. The highest BCUT2D eigenvalue weighted by Gasteiger charge is 2.21. The highest BCUT2D eigenvalue weighted by Crippen LogP contribution is 2.35. The smallest absolute Gasteiger partial charge is 0.198 e. The van der Waals surface area contributed by atoms with Crippen molar-refractivity contribution in [1.29, 1.82) is 0 Å². The quantitative estimate of drug-likeness (QED) is 0.493. The Morgan fingerprint density at radius 1 is 1.19 bits per heavy atom. The van der Waals surface area contributed by atoms with Gasteiger partial charge >= 0.3 is 0 Å². The van der Waals surface area contributed by atoms with Gasteiger partial charge in [0, 0.05) is 19.7 Å². The van der Waals surface area contributed by atoms with Crippen LogP contribution in [0.1, 0.15) is 21.5 Å². The average Bonchev–Trinajstić information content (AvgIpc) is 2.48. The van der Waals surface area contributed by atoms with E-state index >= 15 is 0 Å². The van der Waals surface area contributed by atoms with Gasteiger partial charge < -0.3 is 9.47 Å². The van der Waals surface area contributed by atoms with Gasteiger partial charge in [-0.3, -0.25) is 4.79 Å². The maximum atomic E-state index is 12.9. The van der Waals surface area contributed by atoms with Gasteiger partial charge in [0.05, 0.1) is 19.8 Å². The second kappa shape index (κ2) is 6.79. The molecule has 0 saturated heterocycles. The van der Waals surface area contributed by atoms with Crippen LogP contribution in [0.4, 0.5) is 0 Å². The predicted molar refractivity (Wildman–Crippen MR) is 94.6 cm³/mol. The summed E-state index contributed by atoms with van der Waals surface area (Å²) in [7, 11) is 3.12. The first-order valence-corrected chi connectivity index (χ1v) is 8.08. The Labute approximate surface area is 145 Å². The standard InChI is InChI=1S/C16H14BrIO3/c1-9-5-4-6-11(15(9)18)16(19)14-12(17)7-10(20-2)8-13(14)21-3/h4-8H,1-3H3. The fourth-order valence-electron chi connectivity index (χ4n) is 2.01. The first-order valence-electron chi connectivity index (χ1n) is 6.21. The van der Waals surface area contributed by atoms with Gasteiger partial charge in [0.1, 0.15) is 11.5 Å². The summed E-state index contributed by atoms with van der Waals surface area (Å²) in [6, 6.07) is 9.17. The first-order chi connectivity index (χ1) is 9.99. The molecule has 0 amide bonds. The zero-order valence-corrected chi connectivity index (χ0v) is 15.6. The molecule has 0 aromatic heterocycles. The zero-order chi connectivity index (χ0) is 15.6. The molecule has 0 aliphatic carbocycles. The predicted octanol–water partition coefficient (Wildman–Crippen LogP) is 4.61. The number of hydrogen-bond acceptors (Lipinski definition) is 3. The van der Waals surface area contributed by atoms with E-state index in [2.05, 4.69) is 38.5 Å². The first kappa shape index (κ1) is 16.3. The molecular formula is C16H14BrIO3. The van der Waals surface area contributed by atoms with Gasteiger partial charge in [0.25, 0.3) is 0 Å². The minimum absolute atomic E-state index is 0.0746. The normalized spacial score (nSPS) is 10.3. The molecule has 0 radical (unpaired) electrons. The maximum Gasteiger partial charge on any atom is 0.198 e. The molecule has 2 rings (SSSR count). The number of carbonyl (C=O) groups excluding carboxylic acids is 1. The lowest BCUT2D eigenvalue weighted by Crippen LogP contribution is -2.08. The topological polar surface area (TPSA) is 35.5 Å². The summed E-state index contributed by atoms with van der Waals surface area (Å²) in [5.74, 6) is 1.05. The maximum absolute atomic E-state index is 12.9. The number of rotatable bonds is 4. The van der Waals surface area contributed by atoms with Gasteiger partial charge in [0.15, 0.2) is 5.78 Å². The van der Waals surface area contributed by atoms with Gasteiger partial charge in [-0.1, -0.05) is 12.1 Å². The molecule has 0 atom stereocenters. The fraction of sp³-hybridized carbons (Fsp3) is 0.188. The van der Waals surface area contributed by atoms with Crippen LogP contribution in [0.25, 0.3) is 0 Å². The SMILES string of the molecule is COc1cc(Br)c(C(=O)c2cccc(C)c2I)c(OC)c1. The van der Waals surface area contributed by atoms with Gasteiger partial charge in [-0.25, -0.2) is 0 Å². The number of hydrogen-bond donors (Lipinski definition) is 0. The zero-order valence-electron chi connectivity index (χ0n) is 11.9. The molecule has 2 aromatic rings. The van der Waals surface area contributed by atoms with E-state index in [4.69, 9.17) is 9.47 Å². The molecule has 0 spiro atoms. The molecule has 0 aliphatic rings. The number of methoxy groups -OCH3 is 2. The van der Waals surface area contributed by atoms with E-state index in [9.17, 15) is 4.79 Å². The summed E-state index contributed by atoms with van der Waals surface area (Å²) in [6.07, 6.45) is 0. The number of ketones is 1. The number of halogens is 2. The van der Waals surface area contributed by atoms with Crippen molar-refractivity contribution in [1.82, 2.24) is 0 Å². The van der Waals surface area contributed by atoms with Crippen LogP contribution in [0.3, 0.4) is 0 Å². The Balaban J connectivity index is 2.60. The van der Waals surface area contributed by atoms with Gasteiger partial charge in [-0.15, -0.1) is 0 Å². The number of benzene rings is 2. The third kappa shape index (κ3) is 3.23. The summed E-state index contributed by atoms with van der Waals surface area (Å²) < 4.78 is 12.1. The molecule has 0 fully saturated rings. The summed E-state index contributed by atoms with van der Waals surface area (Å²) in [5, 5.41) is 0. The Hall–Kier alpha value is -1.08. The number of aryl methyl sites for hydroxylation is 1. The van der Waals surface area contributed by atoms with E-state index in [1.807, 2.05) is 25.1 Å². The summed E-state index contributed by atoms with van der Waals surface area (Å²) >= 11 is 5.63. The van der Waals surface area contributed by atoms with Crippen LogP contribution in [-0.4, -0.2) is 20.0 Å². The lowest BCUT2D eigenvalue weighted by Gasteiger charge is -2.13. The van der Waals surface area contributed by atoms with Crippen LogP contribution in [0.5, 0.6) is 11.5 Å². The minimum atomic E-state index is -0.0746. The highest BCUT2D eigenvalue weighted by atomic mass is 127. The van der Waals surface area contributed by atoms with Crippen LogP contribution < -0.4 is 9.47 Å². The lowest BCUT2D eigenvalue weighted by atomic mass is 10.0. The van der Waals surface area contributed by atoms with Crippen LogP contribution in [-0.2, 0) is 0 Å². The third-order valence-electron chi connectivity index (χ3n) is 3.15. The van der Waals surface area contributed by atoms with Crippen LogP contribution in [0.2, 0.25) is 0 Å². The van der Waals surface area contributed by atoms with Gasteiger partial charge in [0.2, 0.25) is 0 Å². The molecule has 0 aliphatic heterocycles. The van der Waals surface area contributed by atoms with E-state index in [1.165, 1.54) is 0 Å². The molecule has 21 heavy (non-hydrogen) atoms. The van der Waals surface area contributed by atoms with Crippen molar-refractivity contribution in [3.8, 4) is 11.5 Å².